The maximum absolute atomic E-state index is 3.76. The molecule has 17 heavy (non-hydrogen) atoms. The van der Waals surface area contributed by atoms with E-state index in [1.54, 1.807) is 0 Å². The molecule has 1 aliphatic rings. The topological polar surface area (TPSA) is 12.0 Å². The van der Waals surface area contributed by atoms with Crippen molar-refractivity contribution in [3.05, 3.63) is 0 Å². The summed E-state index contributed by atoms with van der Waals surface area (Å²) >= 11 is 0. The fourth-order valence-corrected chi connectivity index (χ4v) is 3.43. The summed E-state index contributed by atoms with van der Waals surface area (Å²) in [5.41, 5.74) is 0.598. The molecule has 0 saturated heterocycles. The summed E-state index contributed by atoms with van der Waals surface area (Å²) in [6, 6.07) is 0.775. The molecule has 1 aliphatic carbocycles. The highest BCUT2D eigenvalue weighted by molar-refractivity contribution is 4.91. The molecule has 1 rings (SSSR count). The quantitative estimate of drug-likeness (QED) is 0.564. The van der Waals surface area contributed by atoms with E-state index in [0.717, 1.165) is 12.6 Å². The van der Waals surface area contributed by atoms with Gasteiger partial charge in [-0.15, -0.1) is 0 Å². The summed E-state index contributed by atoms with van der Waals surface area (Å²) < 4.78 is 0. The van der Waals surface area contributed by atoms with E-state index in [1.807, 2.05) is 0 Å². The SMILES string of the molecule is CCCCCCCC(NCC)C1(C)CCCC1. The first-order valence-corrected chi connectivity index (χ1v) is 7.96. The van der Waals surface area contributed by atoms with E-state index >= 15 is 0 Å². The minimum atomic E-state index is 0.598. The van der Waals surface area contributed by atoms with Gasteiger partial charge in [-0.3, -0.25) is 0 Å². The molecule has 0 amide bonds. The molecule has 1 heteroatoms. The Morgan fingerprint density at radius 1 is 1.00 bits per heavy atom. The van der Waals surface area contributed by atoms with Crippen molar-refractivity contribution >= 4 is 0 Å². The minimum Gasteiger partial charge on any atom is -0.314 e. The minimum absolute atomic E-state index is 0.598. The van der Waals surface area contributed by atoms with Gasteiger partial charge in [-0.25, -0.2) is 0 Å². The van der Waals surface area contributed by atoms with Crippen LogP contribution in [0.3, 0.4) is 0 Å². The summed E-state index contributed by atoms with van der Waals surface area (Å²) in [4.78, 5) is 0. The second kappa shape index (κ2) is 8.13. The zero-order chi connectivity index (χ0) is 12.6. The van der Waals surface area contributed by atoms with Gasteiger partial charge in [-0.2, -0.15) is 0 Å². The fourth-order valence-electron chi connectivity index (χ4n) is 3.43. The molecule has 0 bridgehead atoms. The predicted octanol–water partition coefficient (Wildman–Crippen LogP) is 4.91. The van der Waals surface area contributed by atoms with Crippen LogP contribution in [0.1, 0.15) is 85.0 Å². The Balaban J connectivity index is 2.27. The highest BCUT2D eigenvalue weighted by atomic mass is 14.9. The van der Waals surface area contributed by atoms with E-state index < -0.39 is 0 Å². The third-order valence-electron chi connectivity index (χ3n) is 4.63. The van der Waals surface area contributed by atoms with Gasteiger partial charge in [0.2, 0.25) is 0 Å². The zero-order valence-electron chi connectivity index (χ0n) is 12.4. The van der Waals surface area contributed by atoms with Crippen LogP contribution in [0.15, 0.2) is 0 Å². The number of hydrogen-bond acceptors (Lipinski definition) is 1. The van der Waals surface area contributed by atoms with E-state index in [2.05, 4.69) is 26.1 Å². The molecule has 0 spiro atoms. The van der Waals surface area contributed by atoms with Crippen LogP contribution >= 0.6 is 0 Å². The second-order valence-corrected chi connectivity index (χ2v) is 6.17. The molecule has 1 fully saturated rings. The van der Waals surface area contributed by atoms with Gasteiger partial charge in [0, 0.05) is 6.04 Å². The van der Waals surface area contributed by atoms with Crippen molar-refractivity contribution in [1.82, 2.24) is 5.32 Å². The van der Waals surface area contributed by atoms with Crippen LogP contribution < -0.4 is 5.32 Å². The van der Waals surface area contributed by atoms with Crippen LogP contribution in [0, 0.1) is 5.41 Å². The number of hydrogen-bond donors (Lipinski definition) is 1. The number of unbranched alkanes of at least 4 members (excludes halogenated alkanes) is 4. The van der Waals surface area contributed by atoms with E-state index in [4.69, 9.17) is 0 Å². The Bertz CT molecular complexity index is 182. The van der Waals surface area contributed by atoms with Crippen LogP contribution in [0.25, 0.3) is 0 Å². The molecule has 1 N–H and O–H groups in total. The van der Waals surface area contributed by atoms with Gasteiger partial charge in [0.15, 0.2) is 0 Å². The summed E-state index contributed by atoms with van der Waals surface area (Å²) in [5, 5.41) is 3.76. The first-order chi connectivity index (χ1) is 8.23. The van der Waals surface area contributed by atoms with Crippen molar-refractivity contribution in [3.63, 3.8) is 0 Å². The van der Waals surface area contributed by atoms with Crippen molar-refractivity contribution in [2.24, 2.45) is 5.41 Å². The molecule has 0 heterocycles. The van der Waals surface area contributed by atoms with E-state index in [-0.39, 0.29) is 0 Å². The molecule has 0 aromatic carbocycles. The van der Waals surface area contributed by atoms with Gasteiger partial charge >= 0.3 is 0 Å². The summed E-state index contributed by atoms with van der Waals surface area (Å²) in [6.45, 7) is 8.19. The number of rotatable bonds is 9. The van der Waals surface area contributed by atoms with Crippen LogP contribution in [0.5, 0.6) is 0 Å². The lowest BCUT2D eigenvalue weighted by Gasteiger charge is -2.35. The summed E-state index contributed by atoms with van der Waals surface area (Å²) in [6.07, 6.45) is 14.3. The van der Waals surface area contributed by atoms with Crippen LogP contribution in [-0.4, -0.2) is 12.6 Å². The van der Waals surface area contributed by atoms with Crippen LogP contribution in [0.2, 0.25) is 0 Å². The van der Waals surface area contributed by atoms with Crippen molar-refractivity contribution in [2.75, 3.05) is 6.54 Å². The van der Waals surface area contributed by atoms with E-state index in [0.29, 0.717) is 5.41 Å². The van der Waals surface area contributed by atoms with Crippen LogP contribution in [-0.2, 0) is 0 Å². The van der Waals surface area contributed by atoms with Gasteiger partial charge in [0.1, 0.15) is 0 Å². The van der Waals surface area contributed by atoms with Gasteiger partial charge in [0.05, 0.1) is 0 Å². The third-order valence-corrected chi connectivity index (χ3v) is 4.63. The van der Waals surface area contributed by atoms with Gasteiger partial charge in [-0.05, 0) is 31.2 Å². The van der Waals surface area contributed by atoms with Crippen molar-refractivity contribution < 1.29 is 0 Å². The third kappa shape index (κ3) is 4.99. The highest BCUT2D eigenvalue weighted by Gasteiger charge is 2.35. The molecule has 0 radical (unpaired) electrons. The van der Waals surface area contributed by atoms with Crippen molar-refractivity contribution in [1.29, 1.82) is 0 Å². The monoisotopic (exact) mass is 239 g/mol. The Morgan fingerprint density at radius 2 is 1.65 bits per heavy atom. The molecular formula is C16H33N. The lowest BCUT2D eigenvalue weighted by molar-refractivity contribution is 0.208. The maximum Gasteiger partial charge on any atom is 0.0121 e. The van der Waals surface area contributed by atoms with Gasteiger partial charge in [-0.1, -0.05) is 65.7 Å². The Morgan fingerprint density at radius 3 is 2.24 bits per heavy atom. The molecule has 0 aliphatic heterocycles. The predicted molar refractivity (Wildman–Crippen MR) is 77.4 cm³/mol. The molecule has 1 nitrogen and oxygen atoms in total. The molecular weight excluding hydrogens is 206 g/mol. The zero-order valence-corrected chi connectivity index (χ0v) is 12.4. The maximum atomic E-state index is 3.76. The van der Waals surface area contributed by atoms with E-state index in [9.17, 15) is 0 Å². The molecule has 1 unspecified atom stereocenters. The average molecular weight is 239 g/mol. The lowest BCUT2D eigenvalue weighted by Crippen LogP contribution is -2.42. The number of nitrogens with one attached hydrogen (secondary N) is 1. The van der Waals surface area contributed by atoms with E-state index in [1.165, 1.54) is 64.2 Å². The first kappa shape index (κ1) is 15.0. The van der Waals surface area contributed by atoms with Crippen molar-refractivity contribution in [3.8, 4) is 0 Å². The Labute approximate surface area is 109 Å². The Kier molecular flexibility index (Phi) is 7.18. The van der Waals surface area contributed by atoms with Gasteiger partial charge < -0.3 is 5.32 Å². The van der Waals surface area contributed by atoms with Gasteiger partial charge in [0.25, 0.3) is 0 Å². The molecule has 0 aromatic rings. The summed E-state index contributed by atoms with van der Waals surface area (Å²) in [5.74, 6) is 0. The average Bonchev–Trinajstić information content (AvgIpc) is 2.76. The molecule has 1 atom stereocenters. The molecule has 1 saturated carbocycles. The fraction of sp³-hybridized carbons (Fsp3) is 1.00. The Hall–Kier alpha value is -0.0400. The second-order valence-electron chi connectivity index (χ2n) is 6.17. The lowest BCUT2D eigenvalue weighted by atomic mass is 9.78. The van der Waals surface area contributed by atoms with Crippen molar-refractivity contribution in [2.45, 2.75) is 91.0 Å². The highest BCUT2D eigenvalue weighted by Crippen LogP contribution is 2.42. The smallest absolute Gasteiger partial charge is 0.0121 e. The molecule has 102 valence electrons. The normalized spacial score (nSPS) is 20.6. The van der Waals surface area contributed by atoms with Crippen LogP contribution in [0.4, 0.5) is 0 Å². The largest absolute Gasteiger partial charge is 0.314 e. The summed E-state index contributed by atoms with van der Waals surface area (Å²) in [7, 11) is 0. The first-order valence-electron chi connectivity index (χ1n) is 7.96. The molecule has 0 aromatic heterocycles. The standard InChI is InChI=1S/C16H33N/c1-4-6-7-8-9-12-15(17-5-2)16(3)13-10-11-14-16/h15,17H,4-14H2,1-3H3.